The lowest BCUT2D eigenvalue weighted by Crippen LogP contribution is -2.22. The number of pyridine rings is 1. The van der Waals surface area contributed by atoms with E-state index in [4.69, 9.17) is 14.6 Å². The van der Waals surface area contributed by atoms with E-state index in [0.717, 1.165) is 11.1 Å². The minimum absolute atomic E-state index is 0.0883. The molecule has 1 heterocycles. The third kappa shape index (κ3) is 4.22. The Kier molecular flexibility index (Phi) is 4.99. The van der Waals surface area contributed by atoms with Crippen LogP contribution in [0.5, 0.6) is 11.5 Å². The van der Waals surface area contributed by atoms with Crippen LogP contribution >= 0.6 is 0 Å². The van der Waals surface area contributed by atoms with Crippen molar-refractivity contribution in [2.45, 2.75) is 33.0 Å². The summed E-state index contributed by atoms with van der Waals surface area (Å²) in [5.41, 5.74) is 1.88. The van der Waals surface area contributed by atoms with Crippen LogP contribution in [0.3, 0.4) is 0 Å². The zero-order chi connectivity index (χ0) is 16.1. The van der Waals surface area contributed by atoms with Crippen LogP contribution in [0.15, 0.2) is 42.7 Å². The second-order valence-electron chi connectivity index (χ2n) is 5.20. The van der Waals surface area contributed by atoms with Gasteiger partial charge in [0.25, 0.3) is 0 Å². The Hall–Kier alpha value is -2.56. The van der Waals surface area contributed by atoms with Gasteiger partial charge in [-0.2, -0.15) is 0 Å². The van der Waals surface area contributed by atoms with Gasteiger partial charge in [0.15, 0.2) is 6.10 Å². The first-order chi connectivity index (χ1) is 10.5. The topological polar surface area (TPSA) is 68.7 Å². The lowest BCUT2D eigenvalue weighted by molar-refractivity contribution is -0.144. The second kappa shape index (κ2) is 6.93. The summed E-state index contributed by atoms with van der Waals surface area (Å²) in [6.07, 6.45) is 2.64. The van der Waals surface area contributed by atoms with Crippen molar-refractivity contribution in [1.29, 1.82) is 0 Å². The Balaban J connectivity index is 2.15. The first-order valence-electron chi connectivity index (χ1n) is 7.07. The lowest BCUT2D eigenvalue weighted by Gasteiger charge is -2.12. The van der Waals surface area contributed by atoms with Crippen molar-refractivity contribution < 1.29 is 19.4 Å². The third-order valence-corrected chi connectivity index (χ3v) is 2.93. The highest BCUT2D eigenvalue weighted by atomic mass is 16.5. The molecular weight excluding hydrogens is 282 g/mol. The smallest absolute Gasteiger partial charge is 0.344 e. The number of hydrogen-bond acceptors (Lipinski definition) is 4. The van der Waals surface area contributed by atoms with Crippen LogP contribution in [-0.4, -0.2) is 28.3 Å². The van der Waals surface area contributed by atoms with Crippen molar-refractivity contribution in [2.24, 2.45) is 0 Å². The SMILES string of the molecule is CC(C)Oc1cncc(-c2ccc(O[C@@H](C)C(=O)O)cc2)c1. The number of aromatic nitrogens is 1. The van der Waals surface area contributed by atoms with Crippen LogP contribution in [0.4, 0.5) is 0 Å². The number of carbonyl (C=O) groups is 1. The fourth-order valence-electron chi connectivity index (χ4n) is 1.89. The van der Waals surface area contributed by atoms with E-state index in [0.29, 0.717) is 11.5 Å². The number of benzene rings is 1. The molecule has 0 spiro atoms. The zero-order valence-electron chi connectivity index (χ0n) is 12.8. The lowest BCUT2D eigenvalue weighted by atomic mass is 10.1. The molecule has 2 aromatic rings. The maximum Gasteiger partial charge on any atom is 0.344 e. The minimum atomic E-state index is -0.994. The van der Waals surface area contributed by atoms with Gasteiger partial charge >= 0.3 is 5.97 Å². The first-order valence-corrected chi connectivity index (χ1v) is 7.07. The summed E-state index contributed by atoms with van der Waals surface area (Å²) in [7, 11) is 0. The molecule has 0 saturated carbocycles. The number of hydrogen-bond donors (Lipinski definition) is 1. The molecule has 0 aliphatic heterocycles. The number of aliphatic carboxylic acids is 1. The van der Waals surface area contributed by atoms with Gasteiger partial charge in [-0.1, -0.05) is 12.1 Å². The zero-order valence-corrected chi connectivity index (χ0v) is 12.8. The molecule has 22 heavy (non-hydrogen) atoms. The predicted molar refractivity (Wildman–Crippen MR) is 83.2 cm³/mol. The first kappa shape index (κ1) is 15.8. The van der Waals surface area contributed by atoms with Crippen LogP contribution in [-0.2, 0) is 4.79 Å². The van der Waals surface area contributed by atoms with Gasteiger partial charge < -0.3 is 14.6 Å². The molecule has 0 unspecified atom stereocenters. The Morgan fingerprint density at radius 2 is 1.68 bits per heavy atom. The molecule has 0 radical (unpaired) electrons. The number of carboxylic acids is 1. The molecule has 0 saturated heterocycles. The molecule has 0 aliphatic rings. The molecule has 5 heteroatoms. The number of ether oxygens (including phenoxy) is 2. The molecule has 1 aromatic heterocycles. The van der Waals surface area contributed by atoms with E-state index in [1.807, 2.05) is 32.0 Å². The van der Waals surface area contributed by atoms with Gasteiger partial charge in [0.05, 0.1) is 12.3 Å². The molecule has 0 aliphatic carbocycles. The summed E-state index contributed by atoms with van der Waals surface area (Å²) in [6, 6.07) is 9.12. The molecule has 0 amide bonds. The number of carboxylic acid groups (broad SMARTS) is 1. The van der Waals surface area contributed by atoms with E-state index in [-0.39, 0.29) is 6.10 Å². The Morgan fingerprint density at radius 1 is 1.00 bits per heavy atom. The Labute approximate surface area is 129 Å². The maximum atomic E-state index is 10.8. The number of nitrogens with zero attached hydrogens (tertiary/aromatic N) is 1. The van der Waals surface area contributed by atoms with Gasteiger partial charge in [-0.05, 0) is 44.5 Å². The van der Waals surface area contributed by atoms with E-state index < -0.39 is 12.1 Å². The molecule has 1 atom stereocenters. The molecule has 2 rings (SSSR count). The van der Waals surface area contributed by atoms with Crippen molar-refractivity contribution in [3.05, 3.63) is 42.7 Å². The summed E-state index contributed by atoms with van der Waals surface area (Å²) >= 11 is 0. The van der Waals surface area contributed by atoms with Crippen molar-refractivity contribution in [1.82, 2.24) is 4.98 Å². The molecule has 5 nitrogen and oxygen atoms in total. The Bertz CT molecular complexity index is 637. The normalized spacial score (nSPS) is 12.0. The van der Waals surface area contributed by atoms with Gasteiger partial charge in [0, 0.05) is 11.8 Å². The largest absolute Gasteiger partial charge is 0.489 e. The van der Waals surface area contributed by atoms with Crippen molar-refractivity contribution >= 4 is 5.97 Å². The van der Waals surface area contributed by atoms with E-state index in [2.05, 4.69) is 4.98 Å². The Morgan fingerprint density at radius 3 is 2.27 bits per heavy atom. The quantitative estimate of drug-likeness (QED) is 0.885. The molecule has 0 bridgehead atoms. The van der Waals surface area contributed by atoms with Gasteiger partial charge in [0.2, 0.25) is 0 Å². The predicted octanol–water partition coefficient (Wildman–Crippen LogP) is 3.39. The van der Waals surface area contributed by atoms with Crippen LogP contribution < -0.4 is 9.47 Å². The highest BCUT2D eigenvalue weighted by Crippen LogP contribution is 2.25. The molecule has 1 N–H and O–H groups in total. The van der Waals surface area contributed by atoms with Crippen LogP contribution in [0.2, 0.25) is 0 Å². The van der Waals surface area contributed by atoms with Crippen molar-refractivity contribution in [2.75, 3.05) is 0 Å². The summed E-state index contributed by atoms with van der Waals surface area (Å²) in [5, 5.41) is 8.83. The van der Waals surface area contributed by atoms with Gasteiger partial charge in [-0.25, -0.2) is 4.79 Å². The summed E-state index contributed by atoms with van der Waals surface area (Å²) in [6.45, 7) is 5.41. The highest BCUT2D eigenvalue weighted by molar-refractivity contribution is 5.72. The number of rotatable bonds is 6. The minimum Gasteiger partial charge on any atom is -0.489 e. The van der Waals surface area contributed by atoms with Gasteiger partial charge in [-0.3, -0.25) is 4.98 Å². The van der Waals surface area contributed by atoms with E-state index in [9.17, 15) is 4.79 Å². The summed E-state index contributed by atoms with van der Waals surface area (Å²) in [4.78, 5) is 14.9. The average molecular weight is 301 g/mol. The third-order valence-electron chi connectivity index (χ3n) is 2.93. The molecule has 0 fully saturated rings. The van der Waals surface area contributed by atoms with Gasteiger partial charge in [0.1, 0.15) is 11.5 Å². The molecule has 1 aromatic carbocycles. The van der Waals surface area contributed by atoms with Crippen LogP contribution in [0, 0.1) is 0 Å². The summed E-state index contributed by atoms with van der Waals surface area (Å²) in [5.74, 6) is 0.236. The van der Waals surface area contributed by atoms with E-state index in [1.165, 1.54) is 6.92 Å². The molecule has 116 valence electrons. The van der Waals surface area contributed by atoms with Gasteiger partial charge in [-0.15, -0.1) is 0 Å². The monoisotopic (exact) mass is 301 g/mol. The van der Waals surface area contributed by atoms with E-state index >= 15 is 0 Å². The van der Waals surface area contributed by atoms with Crippen LogP contribution in [0.25, 0.3) is 11.1 Å². The second-order valence-corrected chi connectivity index (χ2v) is 5.20. The molecular formula is C17H19NO4. The fourth-order valence-corrected chi connectivity index (χ4v) is 1.89. The van der Waals surface area contributed by atoms with E-state index in [1.54, 1.807) is 24.5 Å². The highest BCUT2D eigenvalue weighted by Gasteiger charge is 2.12. The average Bonchev–Trinajstić information content (AvgIpc) is 2.47. The van der Waals surface area contributed by atoms with Crippen molar-refractivity contribution in [3.8, 4) is 22.6 Å². The standard InChI is InChI=1S/C17H19NO4/c1-11(2)21-16-8-14(9-18-10-16)13-4-6-15(7-5-13)22-12(3)17(19)20/h4-12H,1-3H3,(H,19,20)/t12-/m0/s1. The fraction of sp³-hybridized carbons (Fsp3) is 0.294. The summed E-state index contributed by atoms with van der Waals surface area (Å²) < 4.78 is 10.9. The maximum absolute atomic E-state index is 10.8. The van der Waals surface area contributed by atoms with Crippen LogP contribution in [0.1, 0.15) is 20.8 Å². The van der Waals surface area contributed by atoms with Crippen molar-refractivity contribution in [3.63, 3.8) is 0 Å².